The summed E-state index contributed by atoms with van der Waals surface area (Å²) in [5, 5.41) is 3.40. The molecule has 0 saturated heterocycles. The molecule has 0 aliphatic heterocycles. The molecule has 1 aliphatic rings. The fraction of sp³-hybridized carbons (Fsp3) is 0.714. The number of nitrogens with one attached hydrogen (secondary N) is 1. The molecule has 0 atom stereocenters. The molecular formula is C14H22BrN3. The van der Waals surface area contributed by atoms with Crippen molar-refractivity contribution in [3.63, 3.8) is 0 Å². The Balaban J connectivity index is 1.74. The lowest BCUT2D eigenvalue weighted by atomic mass is 9.81. The number of hydrogen-bond acceptors (Lipinski definition) is 3. The van der Waals surface area contributed by atoms with E-state index < -0.39 is 0 Å². The zero-order valence-electron chi connectivity index (χ0n) is 11.2. The fourth-order valence-electron chi connectivity index (χ4n) is 2.64. The van der Waals surface area contributed by atoms with Crippen molar-refractivity contribution in [1.29, 1.82) is 0 Å². The standard InChI is InChI=1S/C14H22BrN3/c1-10-3-5-12(6-4-10)7-8-16-14-9-13(15)17-11(2)18-14/h9-10,12H,3-8H2,1-2H3,(H,16,17,18). The van der Waals surface area contributed by atoms with Crippen molar-refractivity contribution < 1.29 is 0 Å². The summed E-state index contributed by atoms with van der Waals surface area (Å²) in [4.78, 5) is 8.58. The summed E-state index contributed by atoms with van der Waals surface area (Å²) in [6, 6.07) is 1.94. The third-order valence-corrected chi connectivity index (χ3v) is 4.21. The van der Waals surface area contributed by atoms with Crippen molar-refractivity contribution in [2.45, 2.75) is 46.0 Å². The molecule has 1 saturated carbocycles. The van der Waals surface area contributed by atoms with Crippen LogP contribution >= 0.6 is 15.9 Å². The lowest BCUT2D eigenvalue weighted by molar-refractivity contribution is 0.282. The van der Waals surface area contributed by atoms with Gasteiger partial charge in [0.05, 0.1) is 0 Å². The highest BCUT2D eigenvalue weighted by atomic mass is 79.9. The van der Waals surface area contributed by atoms with Crippen LogP contribution in [0.2, 0.25) is 0 Å². The summed E-state index contributed by atoms with van der Waals surface area (Å²) in [5.74, 6) is 3.58. The molecule has 4 heteroatoms. The van der Waals surface area contributed by atoms with Gasteiger partial charge in [0.25, 0.3) is 0 Å². The second kappa shape index (κ2) is 6.50. The number of aryl methyl sites for hydroxylation is 1. The minimum absolute atomic E-state index is 0.804. The summed E-state index contributed by atoms with van der Waals surface area (Å²) >= 11 is 3.40. The van der Waals surface area contributed by atoms with Crippen LogP contribution < -0.4 is 5.32 Å². The Bertz CT molecular complexity index is 366. The average Bonchev–Trinajstić information content (AvgIpc) is 2.30. The minimum Gasteiger partial charge on any atom is -0.370 e. The Morgan fingerprint density at radius 2 is 2.00 bits per heavy atom. The van der Waals surface area contributed by atoms with Crippen molar-refractivity contribution in [2.24, 2.45) is 11.8 Å². The van der Waals surface area contributed by atoms with Gasteiger partial charge in [-0.25, -0.2) is 9.97 Å². The highest BCUT2D eigenvalue weighted by Gasteiger charge is 2.17. The zero-order valence-corrected chi connectivity index (χ0v) is 12.8. The Morgan fingerprint density at radius 3 is 2.67 bits per heavy atom. The van der Waals surface area contributed by atoms with Crippen LogP contribution in [0.4, 0.5) is 5.82 Å². The van der Waals surface area contributed by atoms with Gasteiger partial charge in [-0.05, 0) is 41.1 Å². The maximum Gasteiger partial charge on any atom is 0.130 e. The van der Waals surface area contributed by atoms with E-state index in [9.17, 15) is 0 Å². The molecule has 0 amide bonds. The van der Waals surface area contributed by atoms with Gasteiger partial charge in [0.1, 0.15) is 16.2 Å². The molecule has 0 aromatic carbocycles. The molecule has 1 fully saturated rings. The van der Waals surface area contributed by atoms with Crippen LogP contribution in [0.3, 0.4) is 0 Å². The monoisotopic (exact) mass is 311 g/mol. The van der Waals surface area contributed by atoms with E-state index in [1.54, 1.807) is 0 Å². The van der Waals surface area contributed by atoms with Gasteiger partial charge in [-0.15, -0.1) is 0 Å². The maximum atomic E-state index is 4.38. The Morgan fingerprint density at radius 1 is 1.28 bits per heavy atom. The summed E-state index contributed by atoms with van der Waals surface area (Å²) in [7, 11) is 0. The lowest BCUT2D eigenvalue weighted by Gasteiger charge is -2.26. The van der Waals surface area contributed by atoms with Gasteiger partial charge < -0.3 is 5.32 Å². The first-order valence-electron chi connectivity index (χ1n) is 6.88. The highest BCUT2D eigenvalue weighted by Crippen LogP contribution is 2.30. The molecule has 18 heavy (non-hydrogen) atoms. The largest absolute Gasteiger partial charge is 0.370 e. The lowest BCUT2D eigenvalue weighted by Crippen LogP contribution is -2.16. The van der Waals surface area contributed by atoms with Crippen molar-refractivity contribution in [3.05, 3.63) is 16.5 Å². The van der Waals surface area contributed by atoms with Crippen LogP contribution in [0.5, 0.6) is 0 Å². The van der Waals surface area contributed by atoms with Crippen LogP contribution in [-0.4, -0.2) is 16.5 Å². The molecule has 0 unspecified atom stereocenters. The van der Waals surface area contributed by atoms with Crippen LogP contribution in [-0.2, 0) is 0 Å². The first kappa shape index (κ1) is 13.8. The molecule has 0 spiro atoms. The smallest absolute Gasteiger partial charge is 0.130 e. The highest BCUT2D eigenvalue weighted by molar-refractivity contribution is 9.10. The molecule has 0 bridgehead atoms. The third kappa shape index (κ3) is 4.23. The Labute approximate surface area is 118 Å². The van der Waals surface area contributed by atoms with E-state index in [4.69, 9.17) is 0 Å². The average molecular weight is 312 g/mol. The number of aromatic nitrogens is 2. The number of anilines is 1. The third-order valence-electron chi connectivity index (χ3n) is 3.80. The van der Waals surface area contributed by atoms with Gasteiger partial charge in [0.2, 0.25) is 0 Å². The van der Waals surface area contributed by atoms with E-state index in [-0.39, 0.29) is 0 Å². The Kier molecular flexibility index (Phi) is 4.98. The topological polar surface area (TPSA) is 37.8 Å². The summed E-state index contributed by atoms with van der Waals surface area (Å²) < 4.78 is 0.851. The van der Waals surface area contributed by atoms with Gasteiger partial charge in [0.15, 0.2) is 0 Å². The van der Waals surface area contributed by atoms with Crippen LogP contribution in [0.15, 0.2) is 10.7 Å². The molecule has 1 aromatic heterocycles. The van der Waals surface area contributed by atoms with Gasteiger partial charge >= 0.3 is 0 Å². The van der Waals surface area contributed by atoms with Gasteiger partial charge in [0, 0.05) is 12.6 Å². The molecule has 100 valence electrons. The SMILES string of the molecule is Cc1nc(Br)cc(NCCC2CCC(C)CC2)n1. The van der Waals surface area contributed by atoms with Crippen LogP contribution in [0.1, 0.15) is 44.9 Å². The second-order valence-corrected chi connectivity index (χ2v) is 6.28. The molecule has 0 radical (unpaired) electrons. The summed E-state index contributed by atoms with van der Waals surface area (Å²) in [5.41, 5.74) is 0. The number of rotatable bonds is 4. The van der Waals surface area contributed by atoms with Crippen molar-refractivity contribution >= 4 is 21.7 Å². The first-order valence-corrected chi connectivity index (χ1v) is 7.68. The van der Waals surface area contributed by atoms with Gasteiger partial charge in [-0.1, -0.05) is 32.6 Å². The summed E-state index contributed by atoms with van der Waals surface area (Å²) in [6.45, 7) is 5.30. The van der Waals surface area contributed by atoms with Crippen LogP contribution in [0, 0.1) is 18.8 Å². The number of halogens is 1. The van der Waals surface area contributed by atoms with Gasteiger partial charge in [-0.2, -0.15) is 0 Å². The number of nitrogens with zero attached hydrogens (tertiary/aromatic N) is 2. The minimum atomic E-state index is 0.804. The Hall–Kier alpha value is -0.640. The van der Waals surface area contributed by atoms with Crippen molar-refractivity contribution in [3.8, 4) is 0 Å². The molecule has 1 aromatic rings. The first-order chi connectivity index (χ1) is 8.63. The predicted molar refractivity (Wildman–Crippen MR) is 78.7 cm³/mol. The predicted octanol–water partition coefficient (Wildman–Crippen LogP) is 4.18. The summed E-state index contributed by atoms with van der Waals surface area (Å²) in [6.07, 6.45) is 6.86. The van der Waals surface area contributed by atoms with E-state index >= 15 is 0 Å². The van der Waals surface area contributed by atoms with E-state index in [0.29, 0.717) is 0 Å². The number of hydrogen-bond donors (Lipinski definition) is 1. The van der Waals surface area contributed by atoms with Crippen molar-refractivity contribution in [2.75, 3.05) is 11.9 Å². The molecule has 3 nitrogen and oxygen atoms in total. The maximum absolute atomic E-state index is 4.38. The quantitative estimate of drug-likeness (QED) is 0.848. The molecule has 1 heterocycles. The van der Waals surface area contributed by atoms with E-state index in [2.05, 4.69) is 38.1 Å². The molecule has 1 aliphatic carbocycles. The molecule has 1 N–H and O–H groups in total. The van der Waals surface area contributed by atoms with E-state index in [1.165, 1.54) is 32.1 Å². The van der Waals surface area contributed by atoms with E-state index in [1.807, 2.05) is 13.0 Å². The normalized spacial score (nSPS) is 23.9. The zero-order chi connectivity index (χ0) is 13.0. The van der Waals surface area contributed by atoms with E-state index in [0.717, 1.165) is 34.6 Å². The molecule has 2 rings (SSSR count). The van der Waals surface area contributed by atoms with Crippen molar-refractivity contribution in [1.82, 2.24) is 9.97 Å². The molecular weight excluding hydrogens is 290 g/mol. The fourth-order valence-corrected chi connectivity index (χ4v) is 3.12. The second-order valence-electron chi connectivity index (χ2n) is 5.46. The van der Waals surface area contributed by atoms with Crippen LogP contribution in [0.25, 0.3) is 0 Å². The van der Waals surface area contributed by atoms with Gasteiger partial charge in [-0.3, -0.25) is 0 Å².